The summed E-state index contributed by atoms with van der Waals surface area (Å²) in [5, 5.41) is 11.4. The molecule has 0 aliphatic carbocycles. The number of nitrogens with one attached hydrogen (secondary N) is 1. The smallest absolute Gasteiger partial charge is 0.247 e. The maximum Gasteiger partial charge on any atom is 0.247 e. The van der Waals surface area contributed by atoms with Crippen LogP contribution in [0.4, 0.5) is 4.39 Å². The van der Waals surface area contributed by atoms with E-state index in [1.54, 1.807) is 7.11 Å². The molecule has 1 heterocycles. The van der Waals surface area contributed by atoms with Crippen LogP contribution >= 0.6 is 0 Å². The molecule has 3 aromatic carbocycles. The summed E-state index contributed by atoms with van der Waals surface area (Å²) < 4.78 is 20.7. The van der Waals surface area contributed by atoms with E-state index in [9.17, 15) is 14.0 Å². The molecule has 0 saturated carbocycles. The van der Waals surface area contributed by atoms with Crippen LogP contribution < -0.4 is 10.1 Å². The Morgan fingerprint density at radius 2 is 1.82 bits per heavy atom. The van der Waals surface area contributed by atoms with Crippen molar-refractivity contribution in [2.75, 3.05) is 7.11 Å². The molecule has 0 spiro atoms. The van der Waals surface area contributed by atoms with Gasteiger partial charge in [-0.05, 0) is 67.8 Å². The van der Waals surface area contributed by atoms with E-state index in [4.69, 9.17) is 4.74 Å². The van der Waals surface area contributed by atoms with Gasteiger partial charge >= 0.3 is 0 Å². The van der Waals surface area contributed by atoms with Crippen molar-refractivity contribution in [2.24, 2.45) is 0 Å². The molecule has 0 bridgehead atoms. The number of rotatable bonds is 10. The normalized spacial score (nSPS) is 12.2. The summed E-state index contributed by atoms with van der Waals surface area (Å²) in [6.07, 6.45) is 0.684. The van der Waals surface area contributed by atoms with E-state index in [2.05, 4.69) is 15.6 Å². The molecule has 0 aliphatic rings. The van der Waals surface area contributed by atoms with E-state index < -0.39 is 17.4 Å². The zero-order valence-electron chi connectivity index (χ0n) is 22.0. The molecule has 4 rings (SSSR count). The summed E-state index contributed by atoms with van der Waals surface area (Å²) in [6.45, 7) is 5.80. The van der Waals surface area contributed by atoms with E-state index in [1.807, 2.05) is 69.3 Å². The molecular weight excluding hydrogens is 485 g/mol. The molecule has 0 radical (unpaired) electrons. The van der Waals surface area contributed by atoms with Crippen LogP contribution in [0.15, 0.2) is 72.8 Å². The lowest BCUT2D eigenvalue weighted by Crippen LogP contribution is -2.50. The highest BCUT2D eigenvalue weighted by Crippen LogP contribution is 2.27. The second-order valence-corrected chi connectivity index (χ2v) is 9.79. The minimum atomic E-state index is -1.02. The van der Waals surface area contributed by atoms with Gasteiger partial charge < -0.3 is 15.0 Å². The third-order valence-corrected chi connectivity index (χ3v) is 6.60. The molecule has 0 unspecified atom stereocenters. The van der Waals surface area contributed by atoms with Crippen molar-refractivity contribution < 1.29 is 18.7 Å². The number of carbonyl (C=O) groups is 2. The minimum Gasteiger partial charge on any atom is -0.497 e. The summed E-state index contributed by atoms with van der Waals surface area (Å²) in [5.74, 6) is -0.501. The molecule has 9 heteroatoms. The number of fused-ring (bicyclic) bond motifs is 1. The Hall–Kier alpha value is -4.27. The van der Waals surface area contributed by atoms with E-state index in [0.29, 0.717) is 28.8 Å². The van der Waals surface area contributed by atoms with Crippen molar-refractivity contribution in [3.8, 4) is 5.75 Å². The number of benzene rings is 3. The van der Waals surface area contributed by atoms with Crippen LogP contribution in [-0.2, 0) is 22.7 Å². The van der Waals surface area contributed by atoms with Gasteiger partial charge in [-0.1, -0.05) is 48.5 Å². The van der Waals surface area contributed by atoms with Crippen molar-refractivity contribution in [3.05, 3.63) is 89.7 Å². The van der Waals surface area contributed by atoms with Gasteiger partial charge in [-0.15, -0.1) is 5.10 Å². The average Bonchev–Trinajstić information content (AvgIpc) is 3.32. The maximum absolute atomic E-state index is 14.0. The lowest BCUT2D eigenvalue weighted by atomic mass is 9.98. The van der Waals surface area contributed by atoms with Crippen molar-refractivity contribution in [3.63, 3.8) is 0 Å². The van der Waals surface area contributed by atoms with Gasteiger partial charge in [0.1, 0.15) is 29.7 Å². The highest BCUT2D eigenvalue weighted by Gasteiger charge is 2.34. The standard InChI is InChI=1S/C29H32FN5O3/c1-5-29(2,3)31-28(37)27(21-13-15-22(30)16-14-21)34(18-20-9-8-10-23(17-20)38-4)26(36)19-35-25-12-7-6-11-24(25)32-33-35/h6-17,27H,5,18-19H2,1-4H3,(H,31,37)/t27-/m1/s1. The quantitative estimate of drug-likeness (QED) is 0.331. The molecule has 4 aromatic rings. The van der Waals surface area contributed by atoms with Crippen molar-refractivity contribution >= 4 is 22.8 Å². The Labute approximate surface area is 221 Å². The number of para-hydroxylation sites is 1. The van der Waals surface area contributed by atoms with Crippen LogP contribution in [0.1, 0.15) is 44.4 Å². The molecule has 0 fully saturated rings. The van der Waals surface area contributed by atoms with E-state index >= 15 is 0 Å². The highest BCUT2D eigenvalue weighted by atomic mass is 19.1. The van der Waals surface area contributed by atoms with Crippen LogP contribution in [0.25, 0.3) is 11.0 Å². The zero-order valence-corrected chi connectivity index (χ0v) is 22.0. The SMILES string of the molecule is CCC(C)(C)NC(=O)[C@@H](c1ccc(F)cc1)N(Cc1cccc(OC)c1)C(=O)Cn1nnc2ccccc21. The Morgan fingerprint density at radius 3 is 2.53 bits per heavy atom. The van der Waals surface area contributed by atoms with E-state index in [1.165, 1.54) is 33.8 Å². The van der Waals surface area contributed by atoms with Gasteiger partial charge in [-0.3, -0.25) is 9.59 Å². The third kappa shape index (κ3) is 6.16. The van der Waals surface area contributed by atoms with Crippen molar-refractivity contribution in [2.45, 2.75) is 51.9 Å². The number of methoxy groups -OCH3 is 1. The minimum absolute atomic E-state index is 0.116. The van der Waals surface area contributed by atoms with Crippen LogP contribution in [0.5, 0.6) is 5.75 Å². The van der Waals surface area contributed by atoms with Gasteiger partial charge in [0.25, 0.3) is 0 Å². The fraction of sp³-hybridized carbons (Fsp3) is 0.310. The first-order chi connectivity index (χ1) is 18.2. The molecule has 38 heavy (non-hydrogen) atoms. The van der Waals surface area contributed by atoms with Gasteiger partial charge in [0.15, 0.2) is 0 Å². The number of nitrogens with zero attached hydrogens (tertiary/aromatic N) is 4. The molecule has 1 atom stereocenters. The number of ether oxygens (including phenoxy) is 1. The van der Waals surface area contributed by atoms with E-state index in [0.717, 1.165) is 5.56 Å². The number of aromatic nitrogens is 3. The number of amides is 2. The zero-order chi connectivity index (χ0) is 27.3. The number of hydrogen-bond acceptors (Lipinski definition) is 5. The molecule has 198 valence electrons. The molecule has 1 N–H and O–H groups in total. The van der Waals surface area contributed by atoms with Crippen LogP contribution in [0, 0.1) is 5.82 Å². The predicted molar refractivity (Wildman–Crippen MR) is 143 cm³/mol. The first-order valence-corrected chi connectivity index (χ1v) is 12.5. The Bertz CT molecular complexity index is 1420. The van der Waals surface area contributed by atoms with Crippen LogP contribution in [-0.4, -0.2) is 44.4 Å². The van der Waals surface area contributed by atoms with Crippen LogP contribution in [0.2, 0.25) is 0 Å². The molecular formula is C29H32FN5O3. The fourth-order valence-electron chi connectivity index (χ4n) is 4.15. The fourth-order valence-corrected chi connectivity index (χ4v) is 4.15. The number of halogens is 1. The predicted octanol–water partition coefficient (Wildman–Crippen LogP) is 4.65. The van der Waals surface area contributed by atoms with Gasteiger partial charge in [0.05, 0.1) is 12.6 Å². The Balaban J connectivity index is 1.78. The Morgan fingerprint density at radius 1 is 1.08 bits per heavy atom. The number of hydrogen-bond donors (Lipinski definition) is 1. The third-order valence-electron chi connectivity index (χ3n) is 6.60. The largest absolute Gasteiger partial charge is 0.497 e. The Kier molecular flexibility index (Phi) is 8.05. The lowest BCUT2D eigenvalue weighted by molar-refractivity contribution is -0.143. The first-order valence-electron chi connectivity index (χ1n) is 12.5. The lowest BCUT2D eigenvalue weighted by Gasteiger charge is -2.34. The van der Waals surface area contributed by atoms with Gasteiger partial charge in [0.2, 0.25) is 11.8 Å². The average molecular weight is 518 g/mol. The summed E-state index contributed by atoms with van der Waals surface area (Å²) in [4.78, 5) is 29.3. The van der Waals surface area contributed by atoms with Gasteiger partial charge in [-0.2, -0.15) is 0 Å². The summed E-state index contributed by atoms with van der Waals surface area (Å²) in [5.41, 5.74) is 2.13. The van der Waals surface area contributed by atoms with Gasteiger partial charge in [0, 0.05) is 12.1 Å². The van der Waals surface area contributed by atoms with Crippen molar-refractivity contribution in [1.82, 2.24) is 25.2 Å². The topological polar surface area (TPSA) is 89.4 Å². The first kappa shape index (κ1) is 26.8. The second-order valence-electron chi connectivity index (χ2n) is 9.79. The van der Waals surface area contributed by atoms with Gasteiger partial charge in [-0.25, -0.2) is 9.07 Å². The molecule has 1 aromatic heterocycles. The molecule has 0 saturated heterocycles. The summed E-state index contributed by atoms with van der Waals surface area (Å²) in [6, 6.07) is 19.3. The monoisotopic (exact) mass is 517 g/mol. The maximum atomic E-state index is 14.0. The molecule has 0 aliphatic heterocycles. The second kappa shape index (κ2) is 11.4. The number of carbonyl (C=O) groups excluding carboxylic acids is 2. The summed E-state index contributed by atoms with van der Waals surface area (Å²) >= 11 is 0. The van der Waals surface area contributed by atoms with E-state index in [-0.39, 0.29) is 24.9 Å². The highest BCUT2D eigenvalue weighted by molar-refractivity contribution is 5.89. The molecule has 2 amide bonds. The van der Waals surface area contributed by atoms with Crippen LogP contribution in [0.3, 0.4) is 0 Å². The molecule has 8 nitrogen and oxygen atoms in total. The van der Waals surface area contributed by atoms with Crippen molar-refractivity contribution in [1.29, 1.82) is 0 Å². The summed E-state index contributed by atoms with van der Waals surface area (Å²) in [7, 11) is 1.57.